The Morgan fingerprint density at radius 2 is 1.33 bits per heavy atom. The van der Waals surface area contributed by atoms with E-state index in [9.17, 15) is 6.85 Å². The van der Waals surface area contributed by atoms with Crippen LogP contribution in [0.4, 0.5) is 0 Å². The molecule has 2 nitrogen and oxygen atoms in total. The molecule has 0 saturated carbocycles. The number of para-hydroxylation sites is 2. The van der Waals surface area contributed by atoms with Crippen molar-refractivity contribution in [2.24, 2.45) is 0 Å². The van der Waals surface area contributed by atoms with E-state index in [-0.39, 0.29) is 5.56 Å². The summed E-state index contributed by atoms with van der Waals surface area (Å²) in [5, 5.41) is 3.58. The summed E-state index contributed by atoms with van der Waals surface area (Å²) in [4.78, 5) is 0. The molecule has 0 aliphatic carbocycles. The highest BCUT2D eigenvalue weighted by Crippen LogP contribution is 2.48. The molecule has 0 radical (unpaired) electrons. The van der Waals surface area contributed by atoms with Gasteiger partial charge in [-0.3, -0.25) is 0 Å². The number of nitrogens with zero attached hydrogens (tertiary/aromatic N) is 1. The number of rotatable bonds is 3. The zero-order chi connectivity index (χ0) is 44.7. The van der Waals surface area contributed by atoms with Crippen molar-refractivity contribution in [1.82, 2.24) is 4.57 Å². The van der Waals surface area contributed by atoms with E-state index in [0.29, 0.717) is 5.56 Å². The minimum atomic E-state index is -3.74. The monoisotopic (exact) mass is 594 g/mol. The number of hydrogen-bond acceptors (Lipinski definition) is 1. The Hall–Kier alpha value is -5.60. The Morgan fingerprint density at radius 1 is 0.600 bits per heavy atom. The van der Waals surface area contributed by atoms with Crippen molar-refractivity contribution in [3.05, 3.63) is 163 Å². The van der Waals surface area contributed by atoms with Gasteiger partial charge in [0.25, 0.3) is 0 Å². The highest BCUT2D eigenvalue weighted by Gasteiger charge is 2.34. The van der Waals surface area contributed by atoms with E-state index in [4.69, 9.17) is 21.2 Å². The van der Waals surface area contributed by atoms with Crippen LogP contribution in [0, 0.1) is 0 Å². The molecule has 7 aromatic carbocycles. The lowest BCUT2D eigenvalue weighted by molar-refractivity contribution is 0.418. The molecule has 0 bridgehead atoms. The van der Waals surface area contributed by atoms with E-state index in [1.807, 2.05) is 72.8 Å². The van der Waals surface area contributed by atoms with Crippen LogP contribution >= 0.6 is 0 Å². The van der Waals surface area contributed by atoms with Crippen LogP contribution in [0.5, 0.6) is 11.5 Å². The largest absolute Gasteiger partial charge is 0.457 e. The van der Waals surface area contributed by atoms with Crippen molar-refractivity contribution in [2.75, 3.05) is 0 Å². The quantitative estimate of drug-likeness (QED) is 0.198. The minimum absolute atomic E-state index is 0.137. The minimum Gasteiger partial charge on any atom is -0.457 e. The van der Waals surface area contributed by atoms with Crippen LogP contribution in [0.1, 0.15) is 48.1 Å². The Labute approximate surface area is 286 Å². The summed E-state index contributed by atoms with van der Waals surface area (Å²) in [5.41, 5.74) is -4.25. The number of fused-ring (bicyclic) bond motifs is 7. The molecule has 0 atom stereocenters. The Kier molecular flexibility index (Phi) is 3.02. The van der Waals surface area contributed by atoms with E-state index in [2.05, 4.69) is 4.57 Å². The molecule has 0 unspecified atom stereocenters. The molecule has 0 amide bonds. The van der Waals surface area contributed by atoms with Crippen LogP contribution in [0.2, 0.25) is 0 Å². The predicted octanol–water partition coefficient (Wildman–Crippen LogP) is 11.7. The molecule has 214 valence electrons. The molecular weight excluding hydrogens is 546 g/mol. The van der Waals surface area contributed by atoms with Gasteiger partial charge in [-0.2, -0.15) is 0 Å². The predicted molar refractivity (Wildman–Crippen MR) is 188 cm³/mol. The van der Waals surface area contributed by atoms with E-state index in [1.165, 1.54) is 0 Å². The lowest BCUT2D eigenvalue weighted by atomic mass is 9.75. The topological polar surface area (TPSA) is 14.2 Å². The molecule has 2 heteroatoms. The smallest absolute Gasteiger partial charge is 0.131 e. The van der Waals surface area contributed by atoms with Crippen LogP contribution in [0.15, 0.2) is 151 Å². The molecule has 0 saturated heterocycles. The van der Waals surface area contributed by atoms with Gasteiger partial charge >= 0.3 is 0 Å². The maximum Gasteiger partial charge on any atom is 0.131 e. The molecule has 1 aliphatic heterocycles. The van der Waals surface area contributed by atoms with Gasteiger partial charge in [-0.15, -0.1) is 0 Å². The fourth-order valence-corrected chi connectivity index (χ4v) is 6.09. The zero-order valence-corrected chi connectivity index (χ0v) is 23.4. The van der Waals surface area contributed by atoms with Crippen LogP contribution < -0.4 is 4.74 Å². The van der Waals surface area contributed by atoms with E-state index in [0.717, 1.165) is 38.3 Å². The van der Waals surface area contributed by atoms with Gasteiger partial charge in [-0.1, -0.05) is 123 Å². The number of ether oxygens (including phenoxy) is 1. The zero-order valence-electron chi connectivity index (χ0n) is 40.4. The number of hydrogen-bond donors (Lipinski definition) is 0. The summed E-state index contributed by atoms with van der Waals surface area (Å²) in [5.74, 6) is -1.84. The maximum atomic E-state index is 9.46. The SMILES string of the molecule is [2H]c1c([2H])c([2H])c2c(c1[2H])Oc1c([2H])c([2H])c(-c3c([2H])c([2H])c(-c4ccc5c(c4)c4ccc6ccccc6c4n5-c4ccccc4)c([2H])c3[2H])c([2H])c1C2(C([2H])([2H])[2H])C([2H])([2H])[2H]. The molecule has 1 aliphatic rings. The fourth-order valence-electron chi connectivity index (χ4n) is 6.09. The summed E-state index contributed by atoms with van der Waals surface area (Å²) in [6.45, 7) is -7.47. The Bertz CT molecular complexity index is 3220. The van der Waals surface area contributed by atoms with Crippen molar-refractivity contribution in [1.29, 1.82) is 0 Å². The summed E-state index contributed by atoms with van der Waals surface area (Å²) in [7, 11) is 0. The van der Waals surface area contributed by atoms with Crippen molar-refractivity contribution in [2.45, 2.75) is 19.1 Å². The van der Waals surface area contributed by atoms with Gasteiger partial charge in [-0.25, -0.2) is 0 Å². The number of benzene rings is 7. The lowest BCUT2D eigenvalue weighted by Crippen LogP contribution is -2.24. The fraction of sp³-hybridized carbons (Fsp3) is 0.0698. The first-order chi connectivity index (χ1) is 29.2. The van der Waals surface area contributed by atoms with Crippen LogP contribution in [0.25, 0.3) is 60.5 Å². The maximum absolute atomic E-state index is 9.46. The molecular formula is C43H31NO. The third kappa shape index (κ3) is 3.96. The molecule has 1 aromatic heterocycles. The first kappa shape index (κ1) is 14.0. The standard InChI is InChI=1S/C43H31NO/c1-43(2)37-14-8-9-15-40(37)45-41-25-22-32(27-38(41)43)29-18-16-28(17-19-29)31-21-24-39-36(26-31)35-23-20-30-10-6-7-13-34(30)42(35)44(39)33-11-4-3-5-12-33/h3-27H,1-2H3/i1D3,2D3,8D,9D,14D,15D,16D,17D,18D,19D,22D,25D,27D. The van der Waals surface area contributed by atoms with Crippen molar-refractivity contribution < 1.29 is 28.0 Å². The van der Waals surface area contributed by atoms with E-state index >= 15 is 0 Å². The average Bonchev–Trinajstić information content (AvgIpc) is 3.57. The molecule has 2 heterocycles. The van der Waals surface area contributed by atoms with E-state index in [1.54, 1.807) is 12.1 Å². The molecule has 45 heavy (non-hydrogen) atoms. The molecule has 0 N–H and O–H groups in total. The van der Waals surface area contributed by atoms with Gasteiger partial charge in [0.1, 0.15) is 11.5 Å². The molecule has 9 rings (SSSR count). The second kappa shape index (κ2) is 9.70. The van der Waals surface area contributed by atoms with Crippen molar-refractivity contribution >= 4 is 32.6 Å². The first-order valence-electron chi connectivity index (χ1n) is 22.7. The third-order valence-electron chi connectivity index (χ3n) is 8.22. The van der Waals surface area contributed by atoms with Crippen LogP contribution in [0.3, 0.4) is 0 Å². The van der Waals surface area contributed by atoms with Gasteiger partial charge in [0, 0.05) is 46.6 Å². The third-order valence-corrected chi connectivity index (χ3v) is 8.22. The van der Waals surface area contributed by atoms with Gasteiger partial charge in [0.2, 0.25) is 0 Å². The summed E-state index contributed by atoms with van der Waals surface area (Å²) >= 11 is 0. The number of aromatic nitrogens is 1. The van der Waals surface area contributed by atoms with Crippen molar-refractivity contribution in [3.8, 4) is 39.4 Å². The van der Waals surface area contributed by atoms with Gasteiger partial charge in [0.05, 0.1) is 26.1 Å². The second-order valence-corrected chi connectivity index (χ2v) is 10.8. The Balaban J connectivity index is 1.32. The first-order valence-corrected chi connectivity index (χ1v) is 14.2. The highest BCUT2D eigenvalue weighted by molar-refractivity contribution is 6.19. The summed E-state index contributed by atoms with van der Waals surface area (Å²) < 4.78 is 158. The van der Waals surface area contributed by atoms with Gasteiger partial charge in [-0.05, 0) is 70.0 Å². The normalized spacial score (nSPS) is 19.4. The van der Waals surface area contributed by atoms with E-state index < -0.39 is 119 Å². The molecule has 0 fully saturated rings. The highest BCUT2D eigenvalue weighted by atomic mass is 16.5. The van der Waals surface area contributed by atoms with Crippen LogP contribution in [-0.2, 0) is 5.41 Å². The average molecular weight is 595 g/mol. The van der Waals surface area contributed by atoms with Gasteiger partial charge < -0.3 is 9.30 Å². The van der Waals surface area contributed by atoms with Crippen molar-refractivity contribution in [3.63, 3.8) is 0 Å². The summed E-state index contributed by atoms with van der Waals surface area (Å²) in [6, 6.07) is 17.2. The second-order valence-electron chi connectivity index (χ2n) is 10.8. The molecule has 0 spiro atoms. The Morgan fingerprint density at radius 3 is 2.18 bits per heavy atom. The molecule has 8 aromatic rings. The summed E-state index contributed by atoms with van der Waals surface area (Å²) in [6.07, 6.45) is 0. The van der Waals surface area contributed by atoms with Gasteiger partial charge in [0.15, 0.2) is 0 Å². The lowest BCUT2D eigenvalue weighted by Gasteiger charge is -2.34. The van der Waals surface area contributed by atoms with Crippen LogP contribution in [-0.4, -0.2) is 4.57 Å².